The molecule has 6 heteroatoms. The normalized spacial score (nSPS) is 18.0. The number of ether oxygens (including phenoxy) is 1. The number of hydrogen-bond donors (Lipinski definition) is 1. The van der Waals surface area contributed by atoms with Gasteiger partial charge in [-0.1, -0.05) is 50.2 Å². The Kier molecular flexibility index (Phi) is 6.45. The molecule has 0 bridgehead atoms. The number of methoxy groups -OCH3 is 1. The summed E-state index contributed by atoms with van der Waals surface area (Å²) in [5.41, 5.74) is 1.63. The zero-order chi connectivity index (χ0) is 23.6. The van der Waals surface area contributed by atoms with Crippen molar-refractivity contribution in [1.29, 1.82) is 0 Å². The monoisotopic (exact) mass is 447 g/mol. The van der Waals surface area contributed by atoms with Crippen LogP contribution in [0.5, 0.6) is 5.75 Å². The van der Waals surface area contributed by atoms with E-state index in [1.165, 1.54) is 0 Å². The van der Waals surface area contributed by atoms with Gasteiger partial charge in [-0.3, -0.25) is 9.59 Å². The minimum atomic E-state index is -0.995. The first-order valence-electron chi connectivity index (χ1n) is 11.7. The summed E-state index contributed by atoms with van der Waals surface area (Å²) < 4.78 is 7.50. The molecule has 1 aliphatic heterocycles. The summed E-state index contributed by atoms with van der Waals surface area (Å²) in [5, 5.41) is 4.10. The Morgan fingerprint density at radius 1 is 1.15 bits per heavy atom. The van der Waals surface area contributed by atoms with Gasteiger partial charge >= 0.3 is 0 Å². The number of hydrogen-bond acceptors (Lipinski definition) is 3. The number of aromatic nitrogens is 1. The Morgan fingerprint density at radius 3 is 2.64 bits per heavy atom. The van der Waals surface area contributed by atoms with Crippen molar-refractivity contribution in [2.45, 2.75) is 45.7 Å². The molecule has 33 heavy (non-hydrogen) atoms. The fourth-order valence-electron chi connectivity index (χ4n) is 4.66. The van der Waals surface area contributed by atoms with E-state index in [0.717, 1.165) is 28.6 Å². The Balaban J connectivity index is 1.68. The van der Waals surface area contributed by atoms with Gasteiger partial charge in [-0.25, -0.2) is 0 Å². The molecular weight excluding hydrogens is 414 g/mol. The molecule has 0 saturated heterocycles. The molecule has 6 nitrogen and oxygen atoms in total. The molecule has 1 N–H and O–H groups in total. The maximum Gasteiger partial charge on any atom is 0.271 e. The van der Waals surface area contributed by atoms with Crippen LogP contribution >= 0.6 is 0 Å². The van der Waals surface area contributed by atoms with Gasteiger partial charge in [0, 0.05) is 24.0 Å². The molecule has 0 spiro atoms. The van der Waals surface area contributed by atoms with E-state index in [9.17, 15) is 9.59 Å². The predicted octanol–water partition coefficient (Wildman–Crippen LogP) is 4.27. The molecule has 3 aromatic rings. The number of carbonyl (C=O) groups is 2. The zero-order valence-electron chi connectivity index (χ0n) is 19.9. The quantitative estimate of drug-likeness (QED) is 0.561. The second-order valence-corrected chi connectivity index (χ2v) is 9.41. The molecule has 4 rings (SSSR count). The van der Waals surface area contributed by atoms with Crippen molar-refractivity contribution in [3.63, 3.8) is 0 Å². The molecule has 2 heterocycles. The van der Waals surface area contributed by atoms with E-state index in [1.54, 1.807) is 12.0 Å². The van der Waals surface area contributed by atoms with Gasteiger partial charge in [0.15, 0.2) is 0 Å². The molecule has 1 aliphatic rings. The number of nitrogens with zero attached hydrogens (tertiary/aromatic N) is 2. The van der Waals surface area contributed by atoms with Gasteiger partial charge in [0.25, 0.3) is 5.91 Å². The van der Waals surface area contributed by atoms with E-state index >= 15 is 0 Å². The van der Waals surface area contributed by atoms with Crippen molar-refractivity contribution in [3.05, 3.63) is 65.9 Å². The molecule has 2 aromatic carbocycles. The molecule has 0 saturated carbocycles. The molecule has 0 aliphatic carbocycles. The van der Waals surface area contributed by atoms with Crippen LogP contribution < -0.4 is 10.1 Å². The zero-order valence-corrected chi connectivity index (χ0v) is 19.9. The molecule has 1 aromatic heterocycles. The van der Waals surface area contributed by atoms with Gasteiger partial charge in [-0.2, -0.15) is 0 Å². The van der Waals surface area contributed by atoms with E-state index in [2.05, 4.69) is 19.2 Å². The van der Waals surface area contributed by atoms with Gasteiger partial charge in [0.2, 0.25) is 5.91 Å². The van der Waals surface area contributed by atoms with Crippen molar-refractivity contribution in [1.82, 2.24) is 14.8 Å². The van der Waals surface area contributed by atoms with Gasteiger partial charge in [0.05, 0.1) is 13.7 Å². The Labute approximate surface area is 195 Å². The number of benzene rings is 2. The van der Waals surface area contributed by atoms with E-state index in [0.29, 0.717) is 37.7 Å². The van der Waals surface area contributed by atoms with E-state index < -0.39 is 5.54 Å². The van der Waals surface area contributed by atoms with Crippen molar-refractivity contribution in [3.8, 4) is 5.75 Å². The summed E-state index contributed by atoms with van der Waals surface area (Å²) in [5.74, 6) is 1.06. The minimum Gasteiger partial charge on any atom is -0.496 e. The third kappa shape index (κ3) is 4.34. The molecule has 1 unspecified atom stereocenters. The highest BCUT2D eigenvalue weighted by Gasteiger charge is 2.47. The maximum atomic E-state index is 13.8. The van der Waals surface area contributed by atoms with Crippen molar-refractivity contribution < 1.29 is 14.3 Å². The standard InChI is InChI=1S/C27H33N3O3/c1-19(2)13-15-28-26(32)27(3)18-29-22-11-7-5-10-21(22)17-23(29)25(31)30(27)16-14-20-9-6-8-12-24(20)33-4/h5-12,17,19H,13-16,18H2,1-4H3,(H,28,32). The van der Waals surface area contributed by atoms with Crippen LogP contribution in [0.3, 0.4) is 0 Å². The number of rotatable bonds is 8. The second kappa shape index (κ2) is 9.30. The highest BCUT2D eigenvalue weighted by molar-refractivity contribution is 6.03. The SMILES string of the molecule is COc1ccccc1CCN1C(=O)c2cc3ccccc3n2CC1(C)C(=O)NCCC(C)C. The summed E-state index contributed by atoms with van der Waals surface area (Å²) in [4.78, 5) is 29.0. The van der Waals surface area contributed by atoms with Crippen LogP contribution in [0.1, 0.15) is 43.2 Å². The van der Waals surface area contributed by atoms with Crippen LogP contribution in [-0.2, 0) is 17.8 Å². The Bertz CT molecular complexity index is 1170. The molecule has 1 atom stereocenters. The van der Waals surface area contributed by atoms with Gasteiger partial charge in [-0.15, -0.1) is 0 Å². The van der Waals surface area contributed by atoms with Crippen LogP contribution in [0.25, 0.3) is 10.9 Å². The molecule has 0 fully saturated rings. The number of nitrogens with one attached hydrogen (secondary N) is 1. The van der Waals surface area contributed by atoms with Gasteiger partial charge in [-0.05, 0) is 49.4 Å². The van der Waals surface area contributed by atoms with Gasteiger partial charge in [0.1, 0.15) is 17.0 Å². The number of carbonyl (C=O) groups excluding carboxylic acids is 2. The first-order chi connectivity index (χ1) is 15.8. The lowest BCUT2D eigenvalue weighted by atomic mass is 9.93. The van der Waals surface area contributed by atoms with Gasteiger partial charge < -0.3 is 19.5 Å². The van der Waals surface area contributed by atoms with Crippen molar-refractivity contribution >= 4 is 22.7 Å². The third-order valence-corrected chi connectivity index (χ3v) is 6.63. The average Bonchev–Trinajstić information content (AvgIpc) is 3.17. The van der Waals surface area contributed by atoms with E-state index in [4.69, 9.17) is 4.74 Å². The third-order valence-electron chi connectivity index (χ3n) is 6.63. The Morgan fingerprint density at radius 2 is 1.88 bits per heavy atom. The summed E-state index contributed by atoms with van der Waals surface area (Å²) in [6.45, 7) is 7.59. The average molecular weight is 448 g/mol. The summed E-state index contributed by atoms with van der Waals surface area (Å²) in [6, 6.07) is 17.7. The van der Waals surface area contributed by atoms with Crippen molar-refractivity contribution in [2.24, 2.45) is 5.92 Å². The predicted molar refractivity (Wildman–Crippen MR) is 131 cm³/mol. The Hall–Kier alpha value is -3.28. The lowest BCUT2D eigenvalue weighted by Crippen LogP contribution is -2.64. The lowest BCUT2D eigenvalue weighted by molar-refractivity contribution is -0.132. The van der Waals surface area contributed by atoms with Crippen LogP contribution in [0.15, 0.2) is 54.6 Å². The lowest BCUT2D eigenvalue weighted by Gasteiger charge is -2.44. The smallest absolute Gasteiger partial charge is 0.271 e. The summed E-state index contributed by atoms with van der Waals surface area (Å²) >= 11 is 0. The molecular formula is C27H33N3O3. The van der Waals surface area contributed by atoms with Crippen LogP contribution in [0.2, 0.25) is 0 Å². The summed E-state index contributed by atoms with van der Waals surface area (Å²) in [7, 11) is 1.65. The molecule has 0 radical (unpaired) electrons. The fourth-order valence-corrected chi connectivity index (χ4v) is 4.66. The van der Waals surface area contributed by atoms with Crippen LogP contribution in [0, 0.1) is 5.92 Å². The highest BCUT2D eigenvalue weighted by Crippen LogP contribution is 2.33. The maximum absolute atomic E-state index is 13.8. The highest BCUT2D eigenvalue weighted by atomic mass is 16.5. The van der Waals surface area contributed by atoms with E-state index in [-0.39, 0.29) is 11.8 Å². The summed E-state index contributed by atoms with van der Waals surface area (Å²) in [6.07, 6.45) is 1.50. The van der Waals surface area contributed by atoms with E-state index in [1.807, 2.05) is 66.1 Å². The number of amides is 2. The van der Waals surface area contributed by atoms with Crippen LogP contribution in [0.4, 0.5) is 0 Å². The fraction of sp³-hybridized carbons (Fsp3) is 0.407. The largest absolute Gasteiger partial charge is 0.496 e. The number of fused-ring (bicyclic) bond motifs is 3. The van der Waals surface area contributed by atoms with Crippen LogP contribution in [-0.4, -0.2) is 47.0 Å². The van der Waals surface area contributed by atoms with Crippen molar-refractivity contribution in [2.75, 3.05) is 20.2 Å². The molecule has 174 valence electrons. The number of para-hydroxylation sites is 2. The topological polar surface area (TPSA) is 63.6 Å². The first kappa shape index (κ1) is 22.9. The second-order valence-electron chi connectivity index (χ2n) is 9.41. The first-order valence-corrected chi connectivity index (χ1v) is 11.7. The minimum absolute atomic E-state index is 0.111. The molecule has 2 amide bonds.